The fraction of sp³-hybridized carbons (Fsp3) is 0.167. The molecule has 0 radical (unpaired) electrons. The maximum Gasteiger partial charge on any atom is 0.260 e. The van der Waals surface area contributed by atoms with E-state index in [2.05, 4.69) is 0 Å². The van der Waals surface area contributed by atoms with Crippen LogP contribution in [-0.2, 0) is 25.7 Å². The van der Waals surface area contributed by atoms with E-state index >= 15 is 0 Å². The summed E-state index contributed by atoms with van der Waals surface area (Å²) in [5, 5.41) is 0. The monoisotopic (exact) mass is 574 g/mol. The standard InChI is InChI=1S/C36H23BF4O2/c38-35(39)16-22-4-1-6-24(26(22)18-35)20-10-12-28-32(14-20)42-30-8-3-9-31-34(30)37(28)29-13-11-21(15-33(29)43-31)25-7-2-5-23-17-36(40,41)19-27(23)25/h1-15H,16-19H2. The average molecular weight is 574 g/mol. The van der Waals surface area contributed by atoms with E-state index in [9.17, 15) is 17.6 Å². The second-order valence-electron chi connectivity index (χ2n) is 12.1. The fourth-order valence-corrected chi connectivity index (χ4v) is 7.52. The van der Waals surface area contributed by atoms with E-state index in [0.29, 0.717) is 45.3 Å². The van der Waals surface area contributed by atoms with Crippen LogP contribution in [0.15, 0.2) is 91.0 Å². The Morgan fingerprint density at radius 3 is 1.47 bits per heavy atom. The van der Waals surface area contributed by atoms with Crippen LogP contribution in [0.3, 0.4) is 0 Å². The number of hydrogen-bond donors (Lipinski definition) is 0. The van der Waals surface area contributed by atoms with E-state index in [0.717, 1.165) is 38.6 Å². The number of rotatable bonds is 2. The van der Waals surface area contributed by atoms with Gasteiger partial charge in [-0.05, 0) is 79.7 Å². The summed E-state index contributed by atoms with van der Waals surface area (Å²) < 4.78 is 70.1. The smallest absolute Gasteiger partial charge is 0.260 e. The van der Waals surface area contributed by atoms with Crippen molar-refractivity contribution in [2.45, 2.75) is 37.5 Å². The molecule has 2 aliphatic carbocycles. The molecule has 0 aromatic heterocycles. The molecule has 9 rings (SSSR count). The van der Waals surface area contributed by atoms with E-state index in [1.165, 1.54) is 0 Å². The normalized spacial score (nSPS) is 17.6. The Labute approximate surface area is 246 Å². The van der Waals surface area contributed by atoms with Crippen molar-refractivity contribution >= 4 is 23.1 Å². The molecule has 2 nitrogen and oxygen atoms in total. The molecule has 0 saturated heterocycles. The van der Waals surface area contributed by atoms with Crippen LogP contribution in [-0.4, -0.2) is 18.6 Å². The van der Waals surface area contributed by atoms with E-state index < -0.39 is 11.8 Å². The Hall–Kier alpha value is -4.52. The van der Waals surface area contributed by atoms with Gasteiger partial charge in [0.1, 0.15) is 23.0 Å². The maximum absolute atomic E-state index is 14.3. The van der Waals surface area contributed by atoms with E-state index in [1.54, 1.807) is 12.1 Å². The highest BCUT2D eigenvalue weighted by Gasteiger charge is 2.42. The van der Waals surface area contributed by atoms with Crippen LogP contribution < -0.4 is 25.9 Å². The Morgan fingerprint density at radius 1 is 0.512 bits per heavy atom. The van der Waals surface area contributed by atoms with Crippen molar-refractivity contribution in [1.82, 2.24) is 0 Å². The SMILES string of the molecule is FC1(F)Cc2cccc(-c3ccc4c(c3)Oc3cccc5c3B4c3ccc(-c4cccc6c4CC(F)(F)C6)cc3O5)c2C1. The Kier molecular flexibility index (Phi) is 4.96. The molecule has 2 heterocycles. The summed E-state index contributed by atoms with van der Waals surface area (Å²) in [6, 6.07) is 28.7. The number of halogens is 4. The quantitative estimate of drug-likeness (QED) is 0.161. The third kappa shape index (κ3) is 3.80. The molecule has 43 heavy (non-hydrogen) atoms. The Balaban J connectivity index is 1.16. The van der Waals surface area contributed by atoms with Gasteiger partial charge in [0.25, 0.3) is 18.6 Å². The van der Waals surface area contributed by atoms with Crippen LogP contribution in [0.4, 0.5) is 17.6 Å². The first-order valence-electron chi connectivity index (χ1n) is 14.5. The molecule has 210 valence electrons. The van der Waals surface area contributed by atoms with Crippen molar-refractivity contribution in [3.63, 3.8) is 0 Å². The van der Waals surface area contributed by atoms with Crippen molar-refractivity contribution < 1.29 is 27.0 Å². The summed E-state index contributed by atoms with van der Waals surface area (Å²) in [5.41, 5.74) is 8.91. The van der Waals surface area contributed by atoms with Gasteiger partial charge in [0, 0.05) is 31.1 Å². The van der Waals surface area contributed by atoms with Crippen LogP contribution in [0.25, 0.3) is 22.3 Å². The third-order valence-electron chi connectivity index (χ3n) is 9.34. The van der Waals surface area contributed by atoms with E-state index in [-0.39, 0.29) is 32.4 Å². The molecule has 7 heteroatoms. The molecule has 0 N–H and O–H groups in total. The van der Waals surface area contributed by atoms with Gasteiger partial charge in [-0.15, -0.1) is 0 Å². The van der Waals surface area contributed by atoms with Crippen LogP contribution in [0.5, 0.6) is 23.0 Å². The predicted molar refractivity (Wildman–Crippen MR) is 160 cm³/mol. The minimum atomic E-state index is -2.73. The van der Waals surface area contributed by atoms with Crippen molar-refractivity contribution in [3.8, 4) is 45.3 Å². The van der Waals surface area contributed by atoms with Crippen molar-refractivity contribution in [2.24, 2.45) is 0 Å². The predicted octanol–water partition coefficient (Wildman–Crippen LogP) is 7.22. The summed E-state index contributed by atoms with van der Waals surface area (Å²) >= 11 is 0. The van der Waals surface area contributed by atoms with E-state index in [4.69, 9.17) is 9.47 Å². The Morgan fingerprint density at radius 2 is 0.977 bits per heavy atom. The second kappa shape index (κ2) is 8.53. The lowest BCUT2D eigenvalue weighted by Crippen LogP contribution is -2.57. The van der Waals surface area contributed by atoms with Crippen LogP contribution in [0, 0.1) is 0 Å². The maximum atomic E-state index is 14.3. The summed E-state index contributed by atoms with van der Waals surface area (Å²) in [6.07, 6.45) is -0.993. The third-order valence-corrected chi connectivity index (χ3v) is 9.34. The Bertz CT molecular complexity index is 1880. The van der Waals surface area contributed by atoms with Gasteiger partial charge in [-0.2, -0.15) is 0 Å². The fourth-order valence-electron chi connectivity index (χ4n) is 7.52. The molecular formula is C36H23BF4O2. The number of benzene rings is 5. The summed E-state index contributed by atoms with van der Waals surface area (Å²) in [4.78, 5) is 0. The molecule has 5 aromatic rings. The number of alkyl halides is 4. The van der Waals surface area contributed by atoms with Crippen molar-refractivity contribution in [2.75, 3.05) is 0 Å². The van der Waals surface area contributed by atoms with Crippen LogP contribution in [0.1, 0.15) is 22.3 Å². The lowest BCUT2D eigenvalue weighted by Gasteiger charge is -2.33. The van der Waals surface area contributed by atoms with Gasteiger partial charge in [-0.3, -0.25) is 0 Å². The summed E-state index contributed by atoms with van der Waals surface area (Å²) in [5.74, 6) is -2.73. The highest BCUT2D eigenvalue weighted by molar-refractivity contribution is 6.98. The van der Waals surface area contributed by atoms with Gasteiger partial charge in [0.05, 0.1) is 0 Å². The topological polar surface area (TPSA) is 18.5 Å². The summed E-state index contributed by atoms with van der Waals surface area (Å²) in [7, 11) is 0. The zero-order valence-corrected chi connectivity index (χ0v) is 22.9. The minimum Gasteiger partial charge on any atom is -0.458 e. The highest BCUT2D eigenvalue weighted by Crippen LogP contribution is 2.43. The first-order valence-corrected chi connectivity index (χ1v) is 14.5. The molecule has 0 atom stereocenters. The van der Waals surface area contributed by atoms with Gasteiger partial charge in [-0.1, -0.05) is 66.7 Å². The molecule has 0 amide bonds. The molecule has 5 aromatic carbocycles. The number of hydrogen-bond acceptors (Lipinski definition) is 2. The van der Waals surface area contributed by atoms with Crippen LogP contribution >= 0.6 is 0 Å². The second-order valence-corrected chi connectivity index (χ2v) is 12.1. The lowest BCUT2D eigenvalue weighted by molar-refractivity contribution is 0.0123. The van der Waals surface area contributed by atoms with Gasteiger partial charge in [0.2, 0.25) is 0 Å². The van der Waals surface area contributed by atoms with E-state index in [1.807, 2.05) is 78.9 Å². The molecule has 0 spiro atoms. The van der Waals surface area contributed by atoms with Crippen molar-refractivity contribution in [1.29, 1.82) is 0 Å². The lowest BCUT2D eigenvalue weighted by atomic mass is 9.35. The average Bonchev–Trinajstić information content (AvgIpc) is 3.48. The zero-order valence-electron chi connectivity index (χ0n) is 22.9. The van der Waals surface area contributed by atoms with Gasteiger partial charge < -0.3 is 9.47 Å². The van der Waals surface area contributed by atoms with Gasteiger partial charge >= 0.3 is 0 Å². The minimum absolute atomic E-state index is 0.168. The molecule has 0 unspecified atom stereocenters. The molecule has 0 saturated carbocycles. The molecule has 0 fully saturated rings. The first-order chi connectivity index (χ1) is 20.7. The summed E-state index contributed by atoms with van der Waals surface area (Å²) in [6.45, 7) is -0.168. The zero-order chi connectivity index (χ0) is 29.1. The molecule has 0 bridgehead atoms. The van der Waals surface area contributed by atoms with Gasteiger partial charge in [0.15, 0.2) is 0 Å². The molecular weight excluding hydrogens is 551 g/mol. The van der Waals surface area contributed by atoms with Crippen LogP contribution in [0.2, 0.25) is 0 Å². The molecule has 4 aliphatic rings. The largest absolute Gasteiger partial charge is 0.458 e. The van der Waals surface area contributed by atoms with Gasteiger partial charge in [-0.25, -0.2) is 17.6 Å². The first kappa shape index (κ1) is 25.0. The molecule has 2 aliphatic heterocycles. The number of fused-ring (bicyclic) bond motifs is 6. The van der Waals surface area contributed by atoms with Crippen molar-refractivity contribution in [3.05, 3.63) is 113 Å². The number of ether oxygens (including phenoxy) is 2. The highest BCUT2D eigenvalue weighted by atomic mass is 19.3.